The van der Waals surface area contributed by atoms with Crippen LogP contribution in [0.1, 0.15) is 28.9 Å². The summed E-state index contributed by atoms with van der Waals surface area (Å²) in [5.74, 6) is 0.260. The van der Waals surface area contributed by atoms with E-state index in [1.54, 1.807) is 24.4 Å². The molecule has 26 heavy (non-hydrogen) atoms. The van der Waals surface area contributed by atoms with Crippen LogP contribution >= 0.6 is 11.8 Å². The fourth-order valence-corrected chi connectivity index (χ4v) is 3.73. The Bertz CT molecular complexity index is 885. The molecular formula is C18H18FN5OS. The van der Waals surface area contributed by atoms with E-state index in [4.69, 9.17) is 0 Å². The Hall–Kier alpha value is -2.61. The van der Waals surface area contributed by atoms with Crippen molar-refractivity contribution in [3.63, 3.8) is 0 Å². The molecule has 1 fully saturated rings. The molecule has 134 valence electrons. The van der Waals surface area contributed by atoms with Crippen LogP contribution in [0.25, 0.3) is 0 Å². The van der Waals surface area contributed by atoms with E-state index in [2.05, 4.69) is 20.5 Å². The quantitative estimate of drug-likeness (QED) is 0.871. The van der Waals surface area contributed by atoms with Gasteiger partial charge in [-0.15, -0.1) is 0 Å². The number of thioether (sulfide) groups is 1. The highest BCUT2D eigenvalue weighted by Crippen LogP contribution is 2.21. The number of amidine groups is 1. The number of hydrazone groups is 1. The van der Waals surface area contributed by atoms with Gasteiger partial charge in [-0.1, -0.05) is 23.9 Å². The number of aliphatic imine (C=N–C) groups is 1. The SMILES string of the molecule is O=C(c1cc(C2=NNC(=Nc3ccccc3F)SC2)c[nH]1)N1CCCC1. The first-order chi connectivity index (χ1) is 12.7. The molecule has 0 spiro atoms. The lowest BCUT2D eigenvalue weighted by atomic mass is 10.2. The first kappa shape index (κ1) is 16.8. The minimum atomic E-state index is -0.368. The third-order valence-corrected chi connectivity index (χ3v) is 5.22. The molecule has 3 heterocycles. The number of amides is 1. The number of likely N-dealkylation sites (tertiary alicyclic amines) is 1. The topological polar surface area (TPSA) is 72.8 Å². The van der Waals surface area contributed by atoms with Gasteiger partial charge in [-0.2, -0.15) is 5.10 Å². The predicted molar refractivity (Wildman–Crippen MR) is 102 cm³/mol. The minimum absolute atomic E-state index is 0.0348. The molecular weight excluding hydrogens is 353 g/mol. The van der Waals surface area contributed by atoms with Gasteiger partial charge < -0.3 is 9.88 Å². The van der Waals surface area contributed by atoms with Crippen LogP contribution in [0.4, 0.5) is 10.1 Å². The summed E-state index contributed by atoms with van der Waals surface area (Å²) in [7, 11) is 0. The molecule has 1 aromatic carbocycles. The first-order valence-corrected chi connectivity index (χ1v) is 9.46. The van der Waals surface area contributed by atoms with E-state index < -0.39 is 0 Å². The molecule has 0 atom stereocenters. The molecule has 0 radical (unpaired) electrons. The Balaban J connectivity index is 1.46. The maximum atomic E-state index is 13.7. The number of hydrogen-bond acceptors (Lipinski definition) is 4. The summed E-state index contributed by atoms with van der Waals surface area (Å²) in [4.78, 5) is 21.6. The van der Waals surface area contributed by atoms with E-state index in [1.807, 2.05) is 11.0 Å². The van der Waals surface area contributed by atoms with Crippen molar-refractivity contribution in [2.45, 2.75) is 12.8 Å². The number of rotatable bonds is 3. The molecule has 4 rings (SSSR count). The summed E-state index contributed by atoms with van der Waals surface area (Å²) < 4.78 is 13.7. The zero-order valence-corrected chi connectivity index (χ0v) is 14.9. The Kier molecular flexibility index (Phi) is 4.75. The van der Waals surface area contributed by atoms with Gasteiger partial charge in [-0.3, -0.25) is 10.2 Å². The first-order valence-electron chi connectivity index (χ1n) is 8.47. The van der Waals surface area contributed by atoms with E-state index in [0.29, 0.717) is 16.6 Å². The lowest BCUT2D eigenvalue weighted by Gasteiger charge is -2.14. The molecule has 8 heteroatoms. The van der Waals surface area contributed by atoms with E-state index in [0.717, 1.165) is 37.2 Å². The Morgan fingerprint density at radius 3 is 2.81 bits per heavy atom. The van der Waals surface area contributed by atoms with Crippen molar-refractivity contribution in [3.05, 3.63) is 53.6 Å². The number of para-hydroxylation sites is 1. The second-order valence-corrected chi connectivity index (χ2v) is 7.09. The maximum absolute atomic E-state index is 13.7. The molecule has 1 amide bonds. The number of halogens is 1. The van der Waals surface area contributed by atoms with Crippen molar-refractivity contribution in [2.24, 2.45) is 10.1 Å². The molecule has 1 saturated heterocycles. The van der Waals surface area contributed by atoms with Crippen LogP contribution in [0.3, 0.4) is 0 Å². The summed E-state index contributed by atoms with van der Waals surface area (Å²) in [6.45, 7) is 1.64. The van der Waals surface area contributed by atoms with Crippen LogP contribution in [-0.2, 0) is 0 Å². The predicted octanol–water partition coefficient (Wildman–Crippen LogP) is 3.12. The van der Waals surface area contributed by atoms with Crippen molar-refractivity contribution >= 4 is 34.2 Å². The maximum Gasteiger partial charge on any atom is 0.270 e. The number of carbonyl (C=O) groups excluding carboxylic acids is 1. The average molecular weight is 371 g/mol. The van der Waals surface area contributed by atoms with Crippen LogP contribution in [0.5, 0.6) is 0 Å². The summed E-state index contributed by atoms with van der Waals surface area (Å²) in [5, 5.41) is 4.87. The fourth-order valence-electron chi connectivity index (χ4n) is 2.95. The van der Waals surface area contributed by atoms with Crippen molar-refractivity contribution < 1.29 is 9.18 Å². The van der Waals surface area contributed by atoms with Gasteiger partial charge in [0, 0.05) is 30.6 Å². The lowest BCUT2D eigenvalue weighted by molar-refractivity contribution is 0.0787. The minimum Gasteiger partial charge on any atom is -0.357 e. The number of aromatic amines is 1. The molecule has 0 unspecified atom stereocenters. The molecule has 2 aliphatic heterocycles. The summed E-state index contributed by atoms with van der Waals surface area (Å²) >= 11 is 1.44. The Morgan fingerprint density at radius 1 is 1.27 bits per heavy atom. The monoisotopic (exact) mass is 371 g/mol. The normalized spacial score (nSPS) is 18.7. The van der Waals surface area contributed by atoms with Gasteiger partial charge in [-0.05, 0) is 31.0 Å². The molecule has 0 aliphatic carbocycles. The largest absolute Gasteiger partial charge is 0.357 e. The third kappa shape index (κ3) is 3.50. The Morgan fingerprint density at radius 2 is 2.08 bits per heavy atom. The highest BCUT2D eigenvalue weighted by molar-refractivity contribution is 8.14. The van der Waals surface area contributed by atoms with Crippen LogP contribution in [0, 0.1) is 5.82 Å². The van der Waals surface area contributed by atoms with E-state index in [-0.39, 0.29) is 17.4 Å². The van der Waals surface area contributed by atoms with Crippen LogP contribution in [-0.4, -0.2) is 45.5 Å². The summed E-state index contributed by atoms with van der Waals surface area (Å²) in [6.07, 6.45) is 3.93. The lowest BCUT2D eigenvalue weighted by Crippen LogP contribution is -2.28. The van der Waals surface area contributed by atoms with Crippen molar-refractivity contribution in [1.29, 1.82) is 0 Å². The summed E-state index contributed by atoms with van der Waals surface area (Å²) in [5.41, 5.74) is 5.42. The molecule has 0 saturated carbocycles. The average Bonchev–Trinajstić information content (AvgIpc) is 3.36. The standard InChI is InChI=1S/C18H18FN5OS/c19-13-5-1-2-6-14(13)21-18-23-22-16(11-26-18)12-9-15(20-10-12)17(25)24-7-3-4-8-24/h1-2,5-6,9-10,20H,3-4,7-8,11H2,(H,21,23). The summed E-state index contributed by atoms with van der Waals surface area (Å²) in [6, 6.07) is 8.19. The number of nitrogens with zero attached hydrogens (tertiary/aromatic N) is 3. The van der Waals surface area contributed by atoms with E-state index in [9.17, 15) is 9.18 Å². The molecule has 2 N–H and O–H groups in total. The van der Waals surface area contributed by atoms with Gasteiger partial charge in [-0.25, -0.2) is 9.38 Å². The van der Waals surface area contributed by atoms with Gasteiger partial charge in [0.1, 0.15) is 17.2 Å². The highest BCUT2D eigenvalue weighted by atomic mass is 32.2. The number of benzene rings is 1. The van der Waals surface area contributed by atoms with Gasteiger partial charge in [0.15, 0.2) is 5.17 Å². The third-order valence-electron chi connectivity index (χ3n) is 4.35. The number of carbonyl (C=O) groups is 1. The van der Waals surface area contributed by atoms with Gasteiger partial charge in [0.25, 0.3) is 5.91 Å². The zero-order chi connectivity index (χ0) is 17.9. The smallest absolute Gasteiger partial charge is 0.270 e. The molecule has 6 nitrogen and oxygen atoms in total. The van der Waals surface area contributed by atoms with Crippen LogP contribution in [0.15, 0.2) is 46.6 Å². The molecule has 1 aromatic heterocycles. The van der Waals surface area contributed by atoms with Crippen LogP contribution < -0.4 is 5.43 Å². The van der Waals surface area contributed by atoms with Gasteiger partial charge >= 0.3 is 0 Å². The van der Waals surface area contributed by atoms with Crippen molar-refractivity contribution in [3.8, 4) is 0 Å². The van der Waals surface area contributed by atoms with E-state index >= 15 is 0 Å². The van der Waals surface area contributed by atoms with Crippen molar-refractivity contribution in [1.82, 2.24) is 15.3 Å². The van der Waals surface area contributed by atoms with Crippen molar-refractivity contribution in [2.75, 3.05) is 18.8 Å². The molecule has 2 aromatic rings. The zero-order valence-electron chi connectivity index (χ0n) is 14.0. The fraction of sp³-hybridized carbons (Fsp3) is 0.278. The number of hydrogen-bond donors (Lipinski definition) is 2. The van der Waals surface area contributed by atoms with E-state index in [1.165, 1.54) is 17.8 Å². The second-order valence-electron chi connectivity index (χ2n) is 6.13. The number of aromatic nitrogens is 1. The second kappa shape index (κ2) is 7.33. The molecule has 2 aliphatic rings. The Labute approximate surface area is 154 Å². The van der Waals surface area contributed by atoms with Crippen LogP contribution in [0.2, 0.25) is 0 Å². The van der Waals surface area contributed by atoms with Gasteiger partial charge in [0.2, 0.25) is 0 Å². The molecule has 0 bridgehead atoms. The number of nitrogens with one attached hydrogen (secondary N) is 2. The number of H-pyrrole nitrogens is 1. The van der Waals surface area contributed by atoms with Gasteiger partial charge in [0.05, 0.1) is 5.71 Å². The highest BCUT2D eigenvalue weighted by Gasteiger charge is 2.22.